The van der Waals surface area contributed by atoms with Crippen molar-refractivity contribution in [2.24, 2.45) is 11.8 Å². The maximum Gasteiger partial charge on any atom is 1.00 e. The molecule has 0 saturated heterocycles. The van der Waals surface area contributed by atoms with Gasteiger partial charge < -0.3 is 9.84 Å². The van der Waals surface area contributed by atoms with Crippen LogP contribution in [-0.4, -0.2) is 34.5 Å². The summed E-state index contributed by atoms with van der Waals surface area (Å²) in [5, 5.41) is 23.1. The first kappa shape index (κ1) is 21.6. The Morgan fingerprint density at radius 1 is 1.48 bits per heavy atom. The maximum atomic E-state index is 11.9. The van der Waals surface area contributed by atoms with E-state index in [-0.39, 0.29) is 47.4 Å². The number of pyridine rings is 1. The van der Waals surface area contributed by atoms with Gasteiger partial charge in [-0.25, -0.2) is 4.98 Å². The van der Waals surface area contributed by atoms with Crippen molar-refractivity contribution in [2.75, 3.05) is 12.9 Å². The van der Waals surface area contributed by atoms with Gasteiger partial charge in [-0.15, -0.1) is 17.5 Å². The summed E-state index contributed by atoms with van der Waals surface area (Å²) in [6, 6.07) is 2.89. The van der Waals surface area contributed by atoms with Gasteiger partial charge in [0.1, 0.15) is 6.20 Å². The summed E-state index contributed by atoms with van der Waals surface area (Å²) >= 11 is 1.34. The Kier molecular flexibility index (Phi) is 8.57. The molecule has 0 N–H and O–H groups in total. The van der Waals surface area contributed by atoms with Crippen molar-refractivity contribution in [3.8, 4) is 0 Å². The van der Waals surface area contributed by atoms with Gasteiger partial charge in [0.25, 0.3) is 5.69 Å². The van der Waals surface area contributed by atoms with Crippen molar-refractivity contribution in [2.45, 2.75) is 17.9 Å². The molecule has 1 heterocycles. The van der Waals surface area contributed by atoms with E-state index < -0.39 is 28.5 Å². The number of carbonyl (C=O) groups is 2. The quantitative estimate of drug-likeness (QED) is 0.186. The van der Waals surface area contributed by atoms with Gasteiger partial charge in [0.05, 0.1) is 23.0 Å². The van der Waals surface area contributed by atoms with Crippen LogP contribution in [0.2, 0.25) is 0 Å². The fraction of sp³-hybridized carbons (Fsp3) is 0.400. The van der Waals surface area contributed by atoms with Gasteiger partial charge in [-0.3, -0.25) is 19.7 Å². The molecule has 2 atom stereocenters. The van der Waals surface area contributed by atoms with Crippen molar-refractivity contribution >= 4 is 29.2 Å². The van der Waals surface area contributed by atoms with Crippen LogP contribution in [0.15, 0.2) is 35.2 Å². The van der Waals surface area contributed by atoms with Gasteiger partial charge >= 0.3 is 35.5 Å². The van der Waals surface area contributed by atoms with Crippen LogP contribution < -0.4 is 34.7 Å². The van der Waals surface area contributed by atoms with Gasteiger partial charge in [0.15, 0.2) is 5.78 Å². The number of ether oxygens (including phenoxy) is 1. The Balaban J connectivity index is 0.00000312. The van der Waals surface area contributed by atoms with E-state index in [0.717, 1.165) is 6.08 Å². The van der Waals surface area contributed by atoms with Crippen molar-refractivity contribution in [3.05, 3.63) is 40.3 Å². The Morgan fingerprint density at radius 2 is 2.20 bits per heavy atom. The number of aromatic nitrogens is 1. The molecule has 2 rings (SSSR count). The van der Waals surface area contributed by atoms with Crippen LogP contribution in [0.5, 0.6) is 0 Å². The van der Waals surface area contributed by atoms with E-state index in [1.165, 1.54) is 37.2 Å². The Morgan fingerprint density at radius 3 is 2.76 bits per heavy atom. The molecule has 25 heavy (non-hydrogen) atoms. The summed E-state index contributed by atoms with van der Waals surface area (Å²) in [7, 11) is 1.21. The fourth-order valence-corrected chi connectivity index (χ4v) is 3.42. The van der Waals surface area contributed by atoms with E-state index >= 15 is 0 Å². The molecule has 0 spiro atoms. The van der Waals surface area contributed by atoms with Gasteiger partial charge in [-0.1, -0.05) is 0 Å². The summed E-state index contributed by atoms with van der Waals surface area (Å²) in [6.07, 6.45) is 2.71. The topological polar surface area (TPSA) is 122 Å². The minimum absolute atomic E-state index is 0. The number of rotatable bonds is 6. The molecule has 1 aliphatic rings. The molecule has 0 aliphatic heterocycles. The number of hydrogen-bond acceptors (Lipinski definition) is 8. The molecule has 1 aliphatic carbocycles. The summed E-state index contributed by atoms with van der Waals surface area (Å²) in [5.74, 6) is -2.27. The van der Waals surface area contributed by atoms with Crippen LogP contribution in [-0.2, 0) is 14.3 Å². The summed E-state index contributed by atoms with van der Waals surface area (Å²) < 4.78 is 4.65. The molecule has 0 saturated carbocycles. The molecule has 0 fully saturated rings. The van der Waals surface area contributed by atoms with E-state index in [9.17, 15) is 24.8 Å². The van der Waals surface area contributed by atoms with Crippen LogP contribution in [0, 0.1) is 22.0 Å². The van der Waals surface area contributed by atoms with E-state index in [4.69, 9.17) is 0 Å². The minimum Gasteiger partial charge on any atom is -0.875 e. The molecule has 0 amide bonds. The Hall–Kier alpha value is -1.42. The summed E-state index contributed by atoms with van der Waals surface area (Å²) in [4.78, 5) is 37.3. The number of esters is 1. The summed E-state index contributed by atoms with van der Waals surface area (Å²) in [6.45, 7) is 0. The van der Waals surface area contributed by atoms with Crippen molar-refractivity contribution in [1.82, 2.24) is 4.98 Å². The second-order valence-electron chi connectivity index (χ2n) is 5.23. The van der Waals surface area contributed by atoms with Gasteiger partial charge in [-0.2, -0.15) is 0 Å². The predicted molar refractivity (Wildman–Crippen MR) is 82.9 cm³/mol. The molecule has 2 unspecified atom stereocenters. The molecular weight excluding hydrogens is 359 g/mol. The molecule has 0 bridgehead atoms. The first-order chi connectivity index (χ1) is 11.4. The number of nitrogens with zero attached hydrogens (tertiary/aromatic N) is 2. The summed E-state index contributed by atoms with van der Waals surface area (Å²) in [5.41, 5.74) is -0.0934. The van der Waals surface area contributed by atoms with Crippen LogP contribution in [0.4, 0.5) is 5.69 Å². The fourth-order valence-electron chi connectivity index (χ4n) is 2.50. The molecule has 128 valence electrons. The molecule has 0 aromatic carbocycles. The zero-order valence-electron chi connectivity index (χ0n) is 13.8. The third-order valence-corrected chi connectivity index (χ3v) is 4.65. The van der Waals surface area contributed by atoms with Crippen LogP contribution in [0.3, 0.4) is 0 Å². The second-order valence-corrected chi connectivity index (χ2v) is 6.34. The molecule has 1 aromatic heterocycles. The zero-order chi connectivity index (χ0) is 17.7. The molecular formula is C15H15N2NaO6S. The van der Waals surface area contributed by atoms with Gasteiger partial charge in [-0.05, 0) is 30.2 Å². The number of methoxy groups -OCH3 is 1. The number of hydrogen-bond donors (Lipinski definition) is 0. The Bertz CT molecular complexity index is 679. The third-order valence-electron chi connectivity index (χ3n) is 3.67. The van der Waals surface area contributed by atoms with E-state index in [1.807, 2.05) is 0 Å². The Labute approximate surface area is 170 Å². The van der Waals surface area contributed by atoms with Crippen LogP contribution in [0.25, 0.3) is 0 Å². The largest absolute Gasteiger partial charge is 1.00 e. The first-order valence-electron chi connectivity index (χ1n) is 7.15. The van der Waals surface area contributed by atoms with E-state index in [0.29, 0.717) is 17.2 Å². The number of carbonyl (C=O) groups excluding carboxylic acids is 2. The third kappa shape index (κ3) is 5.81. The van der Waals surface area contributed by atoms with E-state index in [2.05, 4.69) is 9.72 Å². The number of nitro groups is 1. The second kappa shape index (κ2) is 9.91. The van der Waals surface area contributed by atoms with Gasteiger partial charge in [0.2, 0.25) is 0 Å². The molecule has 10 heteroatoms. The number of allylic oxidation sites excluding steroid dienone is 1. The van der Waals surface area contributed by atoms with E-state index in [1.54, 1.807) is 0 Å². The number of thioether (sulfide) groups is 1. The van der Waals surface area contributed by atoms with Crippen molar-refractivity contribution in [1.29, 1.82) is 0 Å². The standard InChI is InChI=1S/C15H16N2O6S.Na/c1-23-15(20)14-9(6-11(18)7-12(14)19)4-5-24-13-3-2-10(8-16-13)17(21)22;/h2-3,7-9,14,19H,4-6H2,1H3;/q;+1/p-1. The molecule has 0 radical (unpaired) electrons. The van der Waals surface area contributed by atoms with Crippen molar-refractivity contribution < 1.29 is 53.9 Å². The average Bonchev–Trinajstić information content (AvgIpc) is 2.54. The molecule has 1 aromatic rings. The SMILES string of the molecule is COC(=O)C1C([O-])=CC(=O)CC1CCSc1ccc([N+](=O)[O-])cn1.[Na+]. The maximum absolute atomic E-state index is 11.9. The monoisotopic (exact) mass is 374 g/mol. The minimum atomic E-state index is -0.946. The van der Waals surface area contributed by atoms with Crippen LogP contribution >= 0.6 is 11.8 Å². The zero-order valence-corrected chi connectivity index (χ0v) is 16.7. The smallest absolute Gasteiger partial charge is 0.875 e. The predicted octanol–water partition coefficient (Wildman–Crippen LogP) is -1.90. The molecule has 8 nitrogen and oxygen atoms in total. The first-order valence-corrected chi connectivity index (χ1v) is 8.13. The number of ketones is 1. The van der Waals surface area contributed by atoms with Crippen molar-refractivity contribution in [3.63, 3.8) is 0 Å². The van der Waals surface area contributed by atoms with Gasteiger partial charge in [0, 0.05) is 12.5 Å². The normalized spacial score (nSPS) is 19.6. The van der Waals surface area contributed by atoms with Crippen LogP contribution in [0.1, 0.15) is 12.8 Å². The average molecular weight is 374 g/mol.